The van der Waals surface area contributed by atoms with Crippen molar-refractivity contribution in [2.45, 2.75) is 6.42 Å². The number of thiophene rings is 1. The molecule has 0 aromatic carbocycles. The van der Waals surface area contributed by atoms with Crippen LogP contribution in [-0.2, 0) is 11.2 Å². The first kappa shape index (κ1) is 7.22. The Hall–Kier alpha value is -0.890. The summed E-state index contributed by atoms with van der Waals surface area (Å²) in [4.78, 5) is 11.3. The van der Waals surface area contributed by atoms with E-state index in [1.165, 1.54) is 4.88 Å². The lowest BCUT2D eigenvalue weighted by molar-refractivity contribution is -0.104. The van der Waals surface area contributed by atoms with Crippen molar-refractivity contribution in [1.82, 2.24) is 0 Å². The predicted octanol–water partition coefficient (Wildman–Crippen LogP) is 2.05. The fourth-order valence-electron chi connectivity index (χ4n) is 0.679. The molecule has 0 unspecified atom stereocenters. The second-order valence-corrected chi connectivity index (χ2v) is 3.06. The summed E-state index contributed by atoms with van der Waals surface area (Å²) in [7, 11) is 0. The topological polar surface area (TPSA) is 17.1 Å². The molecular weight excluding hydrogens is 144 g/mol. The van der Waals surface area contributed by atoms with Crippen molar-refractivity contribution in [3.63, 3.8) is 0 Å². The van der Waals surface area contributed by atoms with Crippen LogP contribution in [0, 0.1) is 0 Å². The van der Waals surface area contributed by atoms with Gasteiger partial charge in [0.2, 0.25) is 0 Å². The highest BCUT2D eigenvalue weighted by atomic mass is 32.1. The van der Waals surface area contributed by atoms with Crippen LogP contribution in [0.5, 0.6) is 0 Å². The molecule has 0 aliphatic rings. The summed E-state index contributed by atoms with van der Waals surface area (Å²) >= 11 is 1.65. The average Bonchev–Trinajstić information content (AvgIpc) is 2.40. The summed E-state index contributed by atoms with van der Waals surface area (Å²) in [6, 6.07) is 3.97. The van der Waals surface area contributed by atoms with Crippen molar-refractivity contribution in [3.8, 4) is 0 Å². The van der Waals surface area contributed by atoms with E-state index in [0.717, 1.165) is 6.29 Å². The zero-order chi connectivity index (χ0) is 7.40. The molecule has 0 aliphatic heterocycles. The summed E-state index contributed by atoms with van der Waals surface area (Å²) in [5.74, 6) is 0. The minimum Gasteiger partial charge on any atom is -0.298 e. The standard InChI is InChI=1S/C8H8OS/c1-7(6-9)5-8-3-2-4-10-8/h2-4,6H,1,5H2. The molecule has 0 radical (unpaired) electrons. The van der Waals surface area contributed by atoms with E-state index < -0.39 is 0 Å². The van der Waals surface area contributed by atoms with Gasteiger partial charge in [-0.05, 0) is 17.0 Å². The molecule has 0 aliphatic carbocycles. The van der Waals surface area contributed by atoms with Crippen LogP contribution in [0.15, 0.2) is 29.7 Å². The van der Waals surface area contributed by atoms with E-state index in [1.807, 2.05) is 17.5 Å². The van der Waals surface area contributed by atoms with Gasteiger partial charge in [-0.1, -0.05) is 12.6 Å². The average molecular weight is 152 g/mol. The molecule has 1 nitrogen and oxygen atoms in total. The molecule has 0 saturated heterocycles. The molecule has 0 bridgehead atoms. The summed E-state index contributed by atoms with van der Waals surface area (Å²) < 4.78 is 0. The Kier molecular flexibility index (Phi) is 2.40. The van der Waals surface area contributed by atoms with Crippen LogP contribution in [0.3, 0.4) is 0 Å². The van der Waals surface area contributed by atoms with E-state index in [4.69, 9.17) is 0 Å². The van der Waals surface area contributed by atoms with Crippen LogP contribution in [-0.4, -0.2) is 6.29 Å². The van der Waals surface area contributed by atoms with E-state index in [0.29, 0.717) is 12.0 Å². The lowest BCUT2D eigenvalue weighted by Gasteiger charge is -1.90. The Bertz CT molecular complexity index is 223. The van der Waals surface area contributed by atoms with Gasteiger partial charge in [-0.3, -0.25) is 4.79 Å². The fraction of sp³-hybridized carbons (Fsp3) is 0.125. The molecule has 0 atom stereocenters. The monoisotopic (exact) mass is 152 g/mol. The Labute approximate surface area is 64.0 Å². The lowest BCUT2D eigenvalue weighted by atomic mass is 10.2. The maximum Gasteiger partial charge on any atom is 0.145 e. The Balaban J connectivity index is 2.56. The van der Waals surface area contributed by atoms with Gasteiger partial charge in [-0.25, -0.2) is 0 Å². The van der Waals surface area contributed by atoms with Crippen LogP contribution in [0.25, 0.3) is 0 Å². The second-order valence-electron chi connectivity index (χ2n) is 2.03. The van der Waals surface area contributed by atoms with E-state index >= 15 is 0 Å². The van der Waals surface area contributed by atoms with Gasteiger partial charge < -0.3 is 0 Å². The molecule has 0 spiro atoms. The second kappa shape index (κ2) is 3.32. The van der Waals surface area contributed by atoms with Crippen LogP contribution in [0.1, 0.15) is 4.88 Å². The molecule has 2 heteroatoms. The highest BCUT2D eigenvalue weighted by Gasteiger charge is 1.94. The summed E-state index contributed by atoms with van der Waals surface area (Å²) in [6.45, 7) is 3.59. The van der Waals surface area contributed by atoms with Gasteiger partial charge in [0.05, 0.1) is 0 Å². The zero-order valence-corrected chi connectivity index (χ0v) is 6.36. The fourth-order valence-corrected chi connectivity index (χ4v) is 1.44. The molecular formula is C8H8OS. The Morgan fingerprint density at radius 3 is 3.10 bits per heavy atom. The summed E-state index contributed by atoms with van der Waals surface area (Å²) in [5.41, 5.74) is 0.641. The molecule has 0 fully saturated rings. The van der Waals surface area contributed by atoms with E-state index in [-0.39, 0.29) is 0 Å². The van der Waals surface area contributed by atoms with Crippen LogP contribution in [0.4, 0.5) is 0 Å². The van der Waals surface area contributed by atoms with Crippen LogP contribution < -0.4 is 0 Å². The highest BCUT2D eigenvalue weighted by molar-refractivity contribution is 7.09. The first-order valence-corrected chi connectivity index (χ1v) is 3.86. The molecule has 52 valence electrons. The smallest absolute Gasteiger partial charge is 0.145 e. The maximum absolute atomic E-state index is 10.1. The molecule has 0 amide bonds. The van der Waals surface area contributed by atoms with Crippen molar-refractivity contribution in [2.24, 2.45) is 0 Å². The number of rotatable bonds is 3. The molecule has 0 saturated carbocycles. The van der Waals surface area contributed by atoms with Gasteiger partial charge in [0, 0.05) is 11.3 Å². The molecule has 1 aromatic heterocycles. The van der Waals surface area contributed by atoms with E-state index in [2.05, 4.69) is 6.58 Å². The van der Waals surface area contributed by atoms with E-state index in [1.54, 1.807) is 11.3 Å². The minimum absolute atomic E-state index is 0.641. The van der Waals surface area contributed by atoms with Gasteiger partial charge in [0.15, 0.2) is 0 Å². The van der Waals surface area contributed by atoms with Crippen LogP contribution >= 0.6 is 11.3 Å². The van der Waals surface area contributed by atoms with Crippen molar-refractivity contribution in [1.29, 1.82) is 0 Å². The van der Waals surface area contributed by atoms with Gasteiger partial charge >= 0.3 is 0 Å². The third-order valence-corrected chi connectivity index (χ3v) is 2.02. The third kappa shape index (κ3) is 1.81. The number of hydrogen-bond donors (Lipinski definition) is 0. The number of aldehydes is 1. The van der Waals surface area contributed by atoms with Gasteiger partial charge in [-0.2, -0.15) is 0 Å². The summed E-state index contributed by atoms with van der Waals surface area (Å²) in [5, 5.41) is 1.99. The Morgan fingerprint density at radius 1 is 1.80 bits per heavy atom. The molecule has 10 heavy (non-hydrogen) atoms. The quantitative estimate of drug-likeness (QED) is 0.478. The minimum atomic E-state index is 0.641. The van der Waals surface area contributed by atoms with Crippen molar-refractivity contribution in [3.05, 3.63) is 34.5 Å². The lowest BCUT2D eigenvalue weighted by Crippen LogP contribution is -1.85. The van der Waals surface area contributed by atoms with Crippen molar-refractivity contribution >= 4 is 17.6 Å². The van der Waals surface area contributed by atoms with Gasteiger partial charge in [0.25, 0.3) is 0 Å². The number of hydrogen-bond acceptors (Lipinski definition) is 2. The molecule has 1 aromatic rings. The normalized spacial score (nSPS) is 9.20. The maximum atomic E-state index is 10.1. The first-order valence-electron chi connectivity index (χ1n) is 2.98. The number of carbonyl (C=O) groups is 1. The molecule has 1 heterocycles. The molecule has 1 rings (SSSR count). The first-order chi connectivity index (χ1) is 4.83. The number of carbonyl (C=O) groups excluding carboxylic acids is 1. The van der Waals surface area contributed by atoms with Crippen LogP contribution in [0.2, 0.25) is 0 Å². The van der Waals surface area contributed by atoms with Crippen molar-refractivity contribution in [2.75, 3.05) is 0 Å². The molecule has 0 N–H and O–H groups in total. The van der Waals surface area contributed by atoms with Gasteiger partial charge in [0.1, 0.15) is 6.29 Å². The van der Waals surface area contributed by atoms with Crippen molar-refractivity contribution < 1.29 is 4.79 Å². The predicted molar refractivity (Wildman–Crippen MR) is 43.2 cm³/mol. The Morgan fingerprint density at radius 2 is 2.60 bits per heavy atom. The SMILES string of the molecule is C=C(C=O)Cc1cccs1. The van der Waals surface area contributed by atoms with Gasteiger partial charge in [-0.15, -0.1) is 11.3 Å². The van der Waals surface area contributed by atoms with E-state index in [9.17, 15) is 4.79 Å². The zero-order valence-electron chi connectivity index (χ0n) is 5.54. The summed E-state index contributed by atoms with van der Waals surface area (Å²) in [6.07, 6.45) is 1.50. The number of allylic oxidation sites excluding steroid dienone is 1. The highest BCUT2D eigenvalue weighted by Crippen LogP contribution is 2.11. The largest absolute Gasteiger partial charge is 0.298 e. The third-order valence-electron chi connectivity index (χ3n) is 1.15.